The number of aliphatic hydroxyl groups excluding tert-OH is 2. The molecular weight excluding hydrogens is 588 g/mol. The summed E-state index contributed by atoms with van der Waals surface area (Å²) in [5.41, 5.74) is -0.753. The lowest BCUT2D eigenvalue weighted by Gasteiger charge is -2.63. The number of carbonyl (C=O) groups is 3. The maximum absolute atomic E-state index is 14.4. The number of amides is 2. The first-order chi connectivity index (χ1) is 22.3. The maximum Gasteiger partial charge on any atom is 0.308 e. The molecule has 0 aromatic heterocycles. The van der Waals surface area contributed by atoms with Crippen LogP contribution >= 0.6 is 0 Å². The van der Waals surface area contributed by atoms with E-state index in [1.165, 1.54) is 0 Å². The molecular formula is C36H52N2O8. The van der Waals surface area contributed by atoms with Crippen molar-refractivity contribution in [1.29, 1.82) is 0 Å². The van der Waals surface area contributed by atoms with E-state index in [0.717, 1.165) is 24.2 Å². The number of aliphatic hydroxyl groups is 2. The van der Waals surface area contributed by atoms with Crippen molar-refractivity contribution in [3.8, 4) is 5.75 Å². The number of hydrogen-bond donors (Lipinski definition) is 2. The molecule has 0 spiro atoms. The van der Waals surface area contributed by atoms with Gasteiger partial charge in [-0.3, -0.25) is 14.4 Å². The fourth-order valence-electron chi connectivity index (χ4n) is 8.91. The number of esters is 1. The normalized spacial score (nSPS) is 31.9. The van der Waals surface area contributed by atoms with Gasteiger partial charge in [0.15, 0.2) is 0 Å². The number of rotatable bonds is 12. The third-order valence-electron chi connectivity index (χ3n) is 10.9. The van der Waals surface area contributed by atoms with E-state index < -0.39 is 23.1 Å². The minimum atomic E-state index is -0.976. The van der Waals surface area contributed by atoms with Crippen molar-refractivity contribution >= 4 is 17.8 Å². The van der Waals surface area contributed by atoms with Gasteiger partial charge in [-0.1, -0.05) is 24.3 Å². The summed E-state index contributed by atoms with van der Waals surface area (Å²) in [5.74, 6) is -0.0528. The average Bonchev–Trinajstić information content (AvgIpc) is 3.22. The number of nitrogens with zero attached hydrogens (tertiary/aromatic N) is 2. The molecule has 1 aromatic rings. The minimum absolute atomic E-state index is 0.00221. The number of benzene rings is 1. The van der Waals surface area contributed by atoms with Crippen LogP contribution in [0, 0.1) is 17.3 Å². The number of hydrogen-bond acceptors (Lipinski definition) is 8. The summed E-state index contributed by atoms with van der Waals surface area (Å²) >= 11 is 0. The SMILES string of the molecule is CCOC(=O)C[C@@]12[C@@H]3CCN4C(=O)CCC/C=C/CC(O)CC[C@](CO)(C[C@H]3C(=O)N1CCCCOCc1ccc(OC)cc1)[C@H]42. The molecule has 5 rings (SSSR count). The molecule has 3 fully saturated rings. The van der Waals surface area contributed by atoms with Gasteiger partial charge < -0.3 is 34.2 Å². The lowest BCUT2D eigenvalue weighted by atomic mass is 9.51. The second-order valence-corrected chi connectivity index (χ2v) is 13.6. The smallest absolute Gasteiger partial charge is 0.308 e. The van der Waals surface area contributed by atoms with E-state index >= 15 is 0 Å². The Morgan fingerprint density at radius 1 is 1.11 bits per heavy atom. The second-order valence-electron chi connectivity index (χ2n) is 13.6. The largest absolute Gasteiger partial charge is 0.497 e. The molecule has 254 valence electrons. The summed E-state index contributed by atoms with van der Waals surface area (Å²) in [6.45, 7) is 3.70. The van der Waals surface area contributed by atoms with Crippen molar-refractivity contribution < 1.29 is 38.8 Å². The average molecular weight is 641 g/mol. The molecule has 2 saturated heterocycles. The predicted molar refractivity (Wildman–Crippen MR) is 172 cm³/mol. The van der Waals surface area contributed by atoms with Gasteiger partial charge in [0.1, 0.15) is 5.75 Å². The van der Waals surface area contributed by atoms with Crippen molar-refractivity contribution in [2.75, 3.05) is 40.0 Å². The van der Waals surface area contributed by atoms with Crippen LogP contribution in [0.25, 0.3) is 0 Å². The Labute approximate surface area is 273 Å². The van der Waals surface area contributed by atoms with Crippen molar-refractivity contribution in [3.05, 3.63) is 42.0 Å². The first kappa shape index (κ1) is 34.4. The number of unbranched alkanes of at least 4 members (excludes halogenated alkanes) is 1. The van der Waals surface area contributed by atoms with E-state index in [1.54, 1.807) is 14.0 Å². The lowest BCUT2D eigenvalue weighted by Crippen LogP contribution is -2.75. The standard InChI is InChI=1S/C36H52N2O8/c1-3-46-32(42)23-36-30-17-20-37-31(41)11-7-5-4-6-10-27(40)16-18-35(25-39,34(36)37)22-29(30)33(43)38(36)19-8-9-21-45-24-26-12-14-28(44-2)15-13-26/h4,6,12-15,27,29-30,34,39-40H,3,5,7-11,16-25H2,1-2H3/b6-4+/t27?,29-,30-,34+,35-,36+/m1/s1. The van der Waals surface area contributed by atoms with Gasteiger partial charge in [-0.2, -0.15) is 0 Å². The Morgan fingerprint density at radius 3 is 2.65 bits per heavy atom. The van der Waals surface area contributed by atoms with Crippen LogP contribution in [-0.2, 0) is 30.5 Å². The van der Waals surface area contributed by atoms with Gasteiger partial charge in [-0.25, -0.2) is 0 Å². The van der Waals surface area contributed by atoms with E-state index in [2.05, 4.69) is 0 Å². The zero-order chi connectivity index (χ0) is 32.7. The fraction of sp³-hybridized carbons (Fsp3) is 0.694. The van der Waals surface area contributed by atoms with Crippen molar-refractivity contribution in [3.63, 3.8) is 0 Å². The van der Waals surface area contributed by atoms with Gasteiger partial charge >= 0.3 is 5.97 Å². The Kier molecular flexibility index (Phi) is 11.4. The summed E-state index contributed by atoms with van der Waals surface area (Å²) in [7, 11) is 1.64. The van der Waals surface area contributed by atoms with Gasteiger partial charge in [-0.15, -0.1) is 0 Å². The fourth-order valence-corrected chi connectivity index (χ4v) is 8.91. The molecule has 3 aliphatic heterocycles. The number of allylic oxidation sites excluding steroid dienone is 1. The highest BCUT2D eigenvalue weighted by Crippen LogP contribution is 2.63. The molecule has 10 heteroatoms. The number of ether oxygens (including phenoxy) is 3. The van der Waals surface area contributed by atoms with E-state index in [-0.39, 0.29) is 49.3 Å². The molecule has 6 atom stereocenters. The number of methoxy groups -OCH3 is 1. The molecule has 0 radical (unpaired) electrons. The molecule has 4 aliphatic rings. The highest BCUT2D eigenvalue weighted by Gasteiger charge is 2.73. The van der Waals surface area contributed by atoms with Crippen molar-refractivity contribution in [1.82, 2.24) is 9.80 Å². The van der Waals surface area contributed by atoms with E-state index in [9.17, 15) is 24.6 Å². The Bertz CT molecular complexity index is 1240. The number of piperidine rings is 1. The highest BCUT2D eigenvalue weighted by molar-refractivity contribution is 5.87. The van der Waals surface area contributed by atoms with Gasteiger partial charge in [-0.05, 0) is 88.3 Å². The van der Waals surface area contributed by atoms with Crippen LogP contribution in [-0.4, -0.2) is 95.5 Å². The lowest BCUT2D eigenvalue weighted by molar-refractivity contribution is -0.180. The van der Waals surface area contributed by atoms with Gasteiger partial charge in [0, 0.05) is 37.5 Å². The number of carbonyl (C=O) groups excluding carboxylic acids is 3. The van der Waals surface area contributed by atoms with Gasteiger partial charge in [0.2, 0.25) is 11.8 Å². The molecule has 10 nitrogen and oxygen atoms in total. The molecule has 4 bridgehead atoms. The van der Waals surface area contributed by atoms with Crippen LogP contribution in [0.2, 0.25) is 0 Å². The summed E-state index contributed by atoms with van der Waals surface area (Å²) in [4.78, 5) is 45.6. The third kappa shape index (κ3) is 6.85. The maximum atomic E-state index is 14.4. The molecule has 1 unspecified atom stereocenters. The third-order valence-corrected chi connectivity index (χ3v) is 10.9. The van der Waals surface area contributed by atoms with Crippen LogP contribution in [0.4, 0.5) is 0 Å². The van der Waals surface area contributed by atoms with Crippen molar-refractivity contribution in [2.24, 2.45) is 17.3 Å². The summed E-state index contributed by atoms with van der Waals surface area (Å²) in [5, 5.41) is 22.1. The zero-order valence-electron chi connectivity index (χ0n) is 27.5. The first-order valence-electron chi connectivity index (χ1n) is 17.2. The van der Waals surface area contributed by atoms with Gasteiger partial charge in [0.25, 0.3) is 0 Å². The summed E-state index contributed by atoms with van der Waals surface area (Å²) in [6.07, 6.45) is 9.05. The highest BCUT2D eigenvalue weighted by atomic mass is 16.5. The molecule has 2 N–H and O–H groups in total. The van der Waals surface area contributed by atoms with Crippen LogP contribution < -0.4 is 4.74 Å². The second kappa shape index (κ2) is 15.3. The van der Waals surface area contributed by atoms with Gasteiger partial charge in [0.05, 0.1) is 51.0 Å². The minimum Gasteiger partial charge on any atom is -0.497 e. The Balaban J connectivity index is 1.41. The summed E-state index contributed by atoms with van der Waals surface area (Å²) in [6, 6.07) is 7.21. The Hall–Kier alpha value is -2.95. The molecule has 1 aromatic carbocycles. The molecule has 3 heterocycles. The Morgan fingerprint density at radius 2 is 1.91 bits per heavy atom. The zero-order valence-corrected chi connectivity index (χ0v) is 27.5. The van der Waals surface area contributed by atoms with Crippen LogP contribution in [0.3, 0.4) is 0 Å². The monoisotopic (exact) mass is 640 g/mol. The molecule has 2 amide bonds. The summed E-state index contributed by atoms with van der Waals surface area (Å²) < 4.78 is 16.7. The molecule has 1 saturated carbocycles. The van der Waals surface area contributed by atoms with E-state index in [0.29, 0.717) is 77.7 Å². The van der Waals surface area contributed by atoms with Crippen LogP contribution in [0.5, 0.6) is 5.75 Å². The van der Waals surface area contributed by atoms with Crippen LogP contribution in [0.15, 0.2) is 36.4 Å². The van der Waals surface area contributed by atoms with Crippen LogP contribution in [0.1, 0.15) is 83.1 Å². The predicted octanol–water partition coefficient (Wildman–Crippen LogP) is 4.01. The first-order valence-corrected chi connectivity index (χ1v) is 17.2. The number of likely N-dealkylation sites (tertiary alicyclic amines) is 1. The quantitative estimate of drug-likeness (QED) is 0.200. The van der Waals surface area contributed by atoms with E-state index in [1.807, 2.05) is 46.2 Å². The molecule has 46 heavy (non-hydrogen) atoms. The topological polar surface area (TPSA) is 126 Å². The molecule has 1 aliphatic carbocycles. The van der Waals surface area contributed by atoms with Crippen molar-refractivity contribution in [2.45, 2.75) is 102 Å². The van der Waals surface area contributed by atoms with E-state index in [4.69, 9.17) is 14.2 Å².